The average Bonchev–Trinajstić information content (AvgIpc) is 2.73. The molecule has 1 spiro atoms. The molecule has 2 heterocycles. The summed E-state index contributed by atoms with van der Waals surface area (Å²) in [5.41, 5.74) is 0.149. The molecule has 0 unspecified atom stereocenters. The zero-order valence-electron chi connectivity index (χ0n) is 14.3. The molecule has 0 N–H and O–H groups in total. The first kappa shape index (κ1) is 16.6. The Hall–Kier alpha value is -2.24. The standard InChI is InChI=1S/C18H24N2O4/c1-3-23-15-8-5-4-7-14(15)16(21)20-11-6-9-18(10-12-20)13-19(2)17(22)24-18/h4-5,7-8H,3,6,9-13H2,1-2H3/t18-/m0/s1. The molecule has 1 atom stereocenters. The first-order chi connectivity index (χ1) is 11.5. The molecule has 2 saturated heterocycles. The molecule has 2 aliphatic heterocycles. The minimum Gasteiger partial charge on any atom is -0.493 e. The summed E-state index contributed by atoms with van der Waals surface area (Å²) in [4.78, 5) is 28.1. The van der Waals surface area contributed by atoms with Crippen LogP contribution in [0.3, 0.4) is 0 Å². The van der Waals surface area contributed by atoms with E-state index in [1.54, 1.807) is 18.0 Å². The van der Waals surface area contributed by atoms with Gasteiger partial charge >= 0.3 is 6.09 Å². The van der Waals surface area contributed by atoms with Crippen molar-refractivity contribution in [2.75, 3.05) is 33.3 Å². The molecule has 2 amide bonds. The van der Waals surface area contributed by atoms with Gasteiger partial charge in [-0.1, -0.05) is 12.1 Å². The van der Waals surface area contributed by atoms with Gasteiger partial charge in [0.1, 0.15) is 11.4 Å². The molecule has 0 bridgehead atoms. The maximum atomic E-state index is 12.9. The molecule has 1 aromatic carbocycles. The number of carbonyl (C=O) groups excluding carboxylic acids is 2. The van der Waals surface area contributed by atoms with Gasteiger partial charge in [-0.15, -0.1) is 0 Å². The Labute approximate surface area is 142 Å². The van der Waals surface area contributed by atoms with Crippen molar-refractivity contribution in [1.29, 1.82) is 0 Å². The van der Waals surface area contributed by atoms with Crippen molar-refractivity contribution in [3.63, 3.8) is 0 Å². The molecule has 0 aliphatic carbocycles. The number of para-hydroxylation sites is 1. The fourth-order valence-corrected chi connectivity index (χ4v) is 3.52. The molecule has 2 aliphatic rings. The SMILES string of the molecule is CCOc1ccccc1C(=O)N1CCC[C@]2(CC1)CN(C)C(=O)O2. The van der Waals surface area contributed by atoms with Crippen LogP contribution in [0, 0.1) is 0 Å². The normalized spacial score (nSPS) is 24.0. The molecule has 0 radical (unpaired) electrons. The van der Waals surface area contributed by atoms with E-state index in [0.717, 1.165) is 12.8 Å². The van der Waals surface area contributed by atoms with Crippen LogP contribution >= 0.6 is 0 Å². The van der Waals surface area contributed by atoms with Gasteiger partial charge in [-0.05, 0) is 31.9 Å². The summed E-state index contributed by atoms with van der Waals surface area (Å²) in [6.45, 7) is 4.28. The molecule has 1 aromatic rings. The van der Waals surface area contributed by atoms with E-state index in [2.05, 4.69) is 0 Å². The Morgan fingerprint density at radius 3 is 2.79 bits per heavy atom. The minimum absolute atomic E-state index is 0.0196. The lowest BCUT2D eigenvalue weighted by Crippen LogP contribution is -2.37. The van der Waals surface area contributed by atoms with Crippen LogP contribution < -0.4 is 4.74 Å². The summed E-state index contributed by atoms with van der Waals surface area (Å²) in [5.74, 6) is 0.602. The van der Waals surface area contributed by atoms with Crippen molar-refractivity contribution in [2.45, 2.75) is 31.8 Å². The molecule has 24 heavy (non-hydrogen) atoms. The number of carbonyl (C=O) groups is 2. The number of hydrogen-bond acceptors (Lipinski definition) is 4. The van der Waals surface area contributed by atoms with Crippen molar-refractivity contribution < 1.29 is 19.1 Å². The van der Waals surface area contributed by atoms with E-state index in [1.807, 2.05) is 30.0 Å². The van der Waals surface area contributed by atoms with E-state index in [0.29, 0.717) is 44.0 Å². The van der Waals surface area contributed by atoms with Crippen LogP contribution in [0.1, 0.15) is 36.5 Å². The summed E-state index contributed by atoms with van der Waals surface area (Å²) >= 11 is 0. The predicted molar refractivity (Wildman–Crippen MR) is 89.2 cm³/mol. The number of likely N-dealkylation sites (tertiary alicyclic amines) is 1. The van der Waals surface area contributed by atoms with Crippen molar-refractivity contribution in [2.24, 2.45) is 0 Å². The lowest BCUT2D eigenvalue weighted by atomic mass is 9.95. The van der Waals surface area contributed by atoms with Crippen LogP contribution in [-0.4, -0.2) is 60.7 Å². The van der Waals surface area contributed by atoms with Gasteiger partial charge in [0.15, 0.2) is 0 Å². The number of benzene rings is 1. The largest absolute Gasteiger partial charge is 0.493 e. The van der Waals surface area contributed by atoms with E-state index in [9.17, 15) is 9.59 Å². The van der Waals surface area contributed by atoms with Gasteiger partial charge in [-0.2, -0.15) is 0 Å². The zero-order chi connectivity index (χ0) is 17.2. The number of ether oxygens (including phenoxy) is 2. The zero-order valence-corrected chi connectivity index (χ0v) is 14.3. The molecular formula is C18H24N2O4. The Morgan fingerprint density at radius 1 is 1.29 bits per heavy atom. The number of nitrogens with zero attached hydrogens (tertiary/aromatic N) is 2. The third kappa shape index (κ3) is 3.18. The van der Waals surface area contributed by atoms with Crippen LogP contribution in [0.2, 0.25) is 0 Å². The summed E-state index contributed by atoms with van der Waals surface area (Å²) in [6, 6.07) is 7.34. The summed E-state index contributed by atoms with van der Waals surface area (Å²) in [5, 5.41) is 0. The summed E-state index contributed by atoms with van der Waals surface area (Å²) in [7, 11) is 1.75. The first-order valence-electron chi connectivity index (χ1n) is 8.50. The van der Waals surface area contributed by atoms with Gasteiger partial charge in [-0.3, -0.25) is 4.79 Å². The van der Waals surface area contributed by atoms with E-state index >= 15 is 0 Å². The van der Waals surface area contributed by atoms with Gasteiger partial charge in [0.05, 0.1) is 18.7 Å². The second-order valence-electron chi connectivity index (χ2n) is 6.48. The number of rotatable bonds is 3. The van der Waals surface area contributed by atoms with Crippen LogP contribution in [-0.2, 0) is 4.74 Å². The van der Waals surface area contributed by atoms with E-state index < -0.39 is 5.60 Å². The van der Waals surface area contributed by atoms with Crippen molar-refractivity contribution >= 4 is 12.0 Å². The first-order valence-corrected chi connectivity index (χ1v) is 8.50. The smallest absolute Gasteiger partial charge is 0.410 e. The van der Waals surface area contributed by atoms with Gasteiger partial charge < -0.3 is 19.3 Å². The molecule has 6 heteroatoms. The lowest BCUT2D eigenvalue weighted by molar-refractivity contribution is 0.0438. The van der Waals surface area contributed by atoms with Crippen molar-refractivity contribution in [3.05, 3.63) is 29.8 Å². The highest BCUT2D eigenvalue weighted by atomic mass is 16.6. The average molecular weight is 332 g/mol. The van der Waals surface area contributed by atoms with E-state index in [-0.39, 0.29) is 12.0 Å². The Balaban J connectivity index is 1.73. The van der Waals surface area contributed by atoms with Crippen LogP contribution in [0.5, 0.6) is 5.75 Å². The van der Waals surface area contributed by atoms with E-state index in [4.69, 9.17) is 9.47 Å². The molecule has 6 nitrogen and oxygen atoms in total. The lowest BCUT2D eigenvalue weighted by Gasteiger charge is -2.25. The highest BCUT2D eigenvalue weighted by Gasteiger charge is 2.44. The van der Waals surface area contributed by atoms with Crippen LogP contribution in [0.25, 0.3) is 0 Å². The second kappa shape index (κ2) is 6.71. The van der Waals surface area contributed by atoms with Crippen molar-refractivity contribution in [3.8, 4) is 5.75 Å². The highest BCUT2D eigenvalue weighted by Crippen LogP contribution is 2.33. The topological polar surface area (TPSA) is 59.1 Å². The Kier molecular flexibility index (Phi) is 4.64. The summed E-state index contributed by atoms with van der Waals surface area (Å²) < 4.78 is 11.2. The van der Waals surface area contributed by atoms with Gasteiger partial charge in [0.25, 0.3) is 5.91 Å². The molecule has 3 rings (SSSR count). The highest BCUT2D eigenvalue weighted by molar-refractivity contribution is 5.97. The minimum atomic E-state index is -0.444. The third-order valence-electron chi connectivity index (χ3n) is 4.74. The van der Waals surface area contributed by atoms with Gasteiger partial charge in [0, 0.05) is 26.6 Å². The van der Waals surface area contributed by atoms with Gasteiger partial charge in [0.2, 0.25) is 0 Å². The molecular weight excluding hydrogens is 308 g/mol. The number of amides is 2. The Bertz CT molecular complexity index is 633. The molecule has 2 fully saturated rings. The Morgan fingerprint density at radius 2 is 2.08 bits per heavy atom. The third-order valence-corrected chi connectivity index (χ3v) is 4.74. The van der Waals surface area contributed by atoms with Crippen LogP contribution in [0.15, 0.2) is 24.3 Å². The maximum Gasteiger partial charge on any atom is 0.410 e. The number of likely N-dealkylation sites (N-methyl/N-ethyl adjacent to an activating group) is 1. The fraction of sp³-hybridized carbons (Fsp3) is 0.556. The van der Waals surface area contributed by atoms with E-state index in [1.165, 1.54) is 0 Å². The summed E-state index contributed by atoms with van der Waals surface area (Å²) in [6.07, 6.45) is 2.02. The van der Waals surface area contributed by atoms with Gasteiger partial charge in [-0.25, -0.2) is 4.79 Å². The molecule has 0 saturated carbocycles. The van der Waals surface area contributed by atoms with Crippen molar-refractivity contribution in [1.82, 2.24) is 9.80 Å². The maximum absolute atomic E-state index is 12.9. The predicted octanol–water partition coefficient (Wildman–Crippen LogP) is 2.53. The quantitative estimate of drug-likeness (QED) is 0.853. The molecule has 0 aromatic heterocycles. The number of hydrogen-bond donors (Lipinski definition) is 0. The second-order valence-corrected chi connectivity index (χ2v) is 6.48. The fourth-order valence-electron chi connectivity index (χ4n) is 3.52. The molecule has 130 valence electrons. The van der Waals surface area contributed by atoms with Crippen LogP contribution in [0.4, 0.5) is 4.79 Å². The monoisotopic (exact) mass is 332 g/mol.